The van der Waals surface area contributed by atoms with Crippen LogP contribution in [0.3, 0.4) is 0 Å². The summed E-state index contributed by atoms with van der Waals surface area (Å²) in [5, 5.41) is 15.6. The van der Waals surface area contributed by atoms with Crippen molar-refractivity contribution in [2.75, 3.05) is 0 Å². The monoisotopic (exact) mass is 155 g/mol. The SMILES string of the molecule is Cn1nncc1CCC(=O)O. The molecule has 0 radical (unpaired) electrons. The Labute approximate surface area is 63.6 Å². The van der Waals surface area contributed by atoms with E-state index in [4.69, 9.17) is 5.11 Å². The number of carboxylic acid groups (broad SMARTS) is 1. The van der Waals surface area contributed by atoms with Crippen LogP contribution < -0.4 is 0 Å². The van der Waals surface area contributed by atoms with Crippen molar-refractivity contribution in [1.82, 2.24) is 15.0 Å². The van der Waals surface area contributed by atoms with Gasteiger partial charge in [-0.25, -0.2) is 0 Å². The first-order valence-electron chi connectivity index (χ1n) is 3.25. The summed E-state index contributed by atoms with van der Waals surface area (Å²) in [6.07, 6.45) is 2.18. The summed E-state index contributed by atoms with van der Waals surface area (Å²) in [4.78, 5) is 10.2. The number of nitrogens with zero attached hydrogens (tertiary/aromatic N) is 3. The molecule has 1 aromatic rings. The van der Waals surface area contributed by atoms with Gasteiger partial charge in [-0.15, -0.1) is 5.10 Å². The lowest BCUT2D eigenvalue weighted by molar-refractivity contribution is -0.136. The van der Waals surface area contributed by atoms with Gasteiger partial charge in [0.05, 0.1) is 18.3 Å². The average Bonchev–Trinajstić information content (AvgIpc) is 2.31. The molecule has 0 spiro atoms. The fourth-order valence-corrected chi connectivity index (χ4v) is 0.772. The van der Waals surface area contributed by atoms with E-state index in [0.29, 0.717) is 6.42 Å². The van der Waals surface area contributed by atoms with E-state index in [1.807, 2.05) is 0 Å². The topological polar surface area (TPSA) is 68.0 Å². The number of hydrogen-bond donors (Lipinski definition) is 1. The largest absolute Gasteiger partial charge is 0.481 e. The molecule has 0 aliphatic rings. The van der Waals surface area contributed by atoms with Crippen LogP contribution in [0.4, 0.5) is 0 Å². The van der Waals surface area contributed by atoms with Gasteiger partial charge in [-0.05, 0) is 0 Å². The van der Waals surface area contributed by atoms with Crippen LogP contribution in [0, 0.1) is 0 Å². The molecular weight excluding hydrogens is 146 g/mol. The molecule has 0 aliphatic carbocycles. The lowest BCUT2D eigenvalue weighted by Gasteiger charge is -1.95. The minimum atomic E-state index is -0.800. The third kappa shape index (κ3) is 2.03. The maximum absolute atomic E-state index is 10.2. The van der Waals surface area contributed by atoms with E-state index in [9.17, 15) is 4.79 Å². The first kappa shape index (κ1) is 7.71. The predicted octanol–water partition coefficient (Wildman–Crippen LogP) is -0.168. The summed E-state index contributed by atoms with van der Waals surface area (Å²) in [5.74, 6) is -0.800. The van der Waals surface area contributed by atoms with Crippen LogP contribution in [-0.2, 0) is 18.3 Å². The third-order valence-electron chi connectivity index (χ3n) is 1.40. The Balaban J connectivity index is 2.51. The zero-order valence-electron chi connectivity index (χ0n) is 6.19. The molecule has 1 N–H and O–H groups in total. The second-order valence-corrected chi connectivity index (χ2v) is 2.24. The van der Waals surface area contributed by atoms with Gasteiger partial charge in [-0.1, -0.05) is 5.21 Å². The lowest BCUT2D eigenvalue weighted by Crippen LogP contribution is -2.02. The highest BCUT2D eigenvalue weighted by molar-refractivity contribution is 5.66. The van der Waals surface area contributed by atoms with Gasteiger partial charge in [0.15, 0.2) is 0 Å². The van der Waals surface area contributed by atoms with Gasteiger partial charge in [-0.2, -0.15) is 0 Å². The molecule has 0 saturated heterocycles. The minimum absolute atomic E-state index is 0.126. The summed E-state index contributed by atoms with van der Waals surface area (Å²) in [6.45, 7) is 0. The Morgan fingerprint density at radius 3 is 3.00 bits per heavy atom. The molecule has 0 atom stereocenters. The molecular formula is C6H9N3O2. The fraction of sp³-hybridized carbons (Fsp3) is 0.500. The quantitative estimate of drug-likeness (QED) is 0.658. The molecule has 0 amide bonds. The minimum Gasteiger partial charge on any atom is -0.481 e. The van der Waals surface area contributed by atoms with E-state index in [1.54, 1.807) is 17.9 Å². The Morgan fingerprint density at radius 2 is 2.55 bits per heavy atom. The van der Waals surface area contributed by atoms with Crippen LogP contribution in [0.5, 0.6) is 0 Å². The van der Waals surface area contributed by atoms with E-state index in [0.717, 1.165) is 5.69 Å². The van der Waals surface area contributed by atoms with Gasteiger partial charge >= 0.3 is 5.97 Å². The number of hydrogen-bond acceptors (Lipinski definition) is 3. The van der Waals surface area contributed by atoms with Gasteiger partial charge in [0.1, 0.15) is 0 Å². The number of carbonyl (C=O) groups is 1. The second kappa shape index (κ2) is 3.14. The van der Waals surface area contributed by atoms with Gasteiger partial charge in [0, 0.05) is 13.5 Å². The van der Waals surface area contributed by atoms with Crippen molar-refractivity contribution >= 4 is 5.97 Å². The fourth-order valence-electron chi connectivity index (χ4n) is 0.772. The molecule has 0 bridgehead atoms. The molecule has 0 aliphatic heterocycles. The first-order chi connectivity index (χ1) is 5.20. The van der Waals surface area contributed by atoms with Crippen molar-refractivity contribution in [3.05, 3.63) is 11.9 Å². The third-order valence-corrected chi connectivity index (χ3v) is 1.40. The number of rotatable bonds is 3. The average molecular weight is 155 g/mol. The summed E-state index contributed by atoms with van der Waals surface area (Å²) in [5.41, 5.74) is 0.840. The van der Waals surface area contributed by atoms with Crippen molar-refractivity contribution < 1.29 is 9.90 Å². The van der Waals surface area contributed by atoms with Gasteiger partial charge in [0.25, 0.3) is 0 Å². The summed E-state index contributed by atoms with van der Waals surface area (Å²) >= 11 is 0. The molecule has 0 saturated carbocycles. The number of carboxylic acids is 1. The highest BCUT2D eigenvalue weighted by atomic mass is 16.4. The molecule has 1 rings (SSSR count). The highest BCUT2D eigenvalue weighted by Crippen LogP contribution is 1.97. The van der Waals surface area contributed by atoms with E-state index in [1.165, 1.54) is 0 Å². The van der Waals surface area contributed by atoms with Gasteiger partial charge < -0.3 is 5.11 Å². The van der Waals surface area contributed by atoms with Crippen molar-refractivity contribution in [1.29, 1.82) is 0 Å². The second-order valence-electron chi connectivity index (χ2n) is 2.24. The Morgan fingerprint density at radius 1 is 1.82 bits per heavy atom. The van der Waals surface area contributed by atoms with E-state index < -0.39 is 5.97 Å². The molecule has 60 valence electrons. The van der Waals surface area contributed by atoms with Crippen molar-refractivity contribution in [3.8, 4) is 0 Å². The maximum Gasteiger partial charge on any atom is 0.303 e. The molecule has 0 unspecified atom stereocenters. The molecule has 5 nitrogen and oxygen atoms in total. The van der Waals surface area contributed by atoms with E-state index in [2.05, 4.69) is 10.3 Å². The van der Waals surface area contributed by atoms with Crippen molar-refractivity contribution in [2.24, 2.45) is 7.05 Å². The molecule has 0 aromatic carbocycles. The smallest absolute Gasteiger partial charge is 0.303 e. The van der Waals surface area contributed by atoms with E-state index in [-0.39, 0.29) is 6.42 Å². The first-order valence-corrected chi connectivity index (χ1v) is 3.25. The Kier molecular flexibility index (Phi) is 2.20. The molecule has 1 aromatic heterocycles. The normalized spacial score (nSPS) is 9.91. The van der Waals surface area contributed by atoms with Crippen LogP contribution in [0.25, 0.3) is 0 Å². The number of aryl methyl sites for hydroxylation is 2. The lowest BCUT2D eigenvalue weighted by atomic mass is 10.2. The van der Waals surface area contributed by atoms with Crippen molar-refractivity contribution in [3.63, 3.8) is 0 Å². The predicted molar refractivity (Wildman–Crippen MR) is 37.0 cm³/mol. The Hall–Kier alpha value is -1.39. The zero-order chi connectivity index (χ0) is 8.27. The van der Waals surface area contributed by atoms with Crippen LogP contribution in [-0.4, -0.2) is 26.1 Å². The molecule has 5 heteroatoms. The van der Waals surface area contributed by atoms with Gasteiger partial charge in [-0.3, -0.25) is 9.48 Å². The zero-order valence-corrected chi connectivity index (χ0v) is 6.19. The number of aliphatic carboxylic acids is 1. The van der Waals surface area contributed by atoms with Crippen LogP contribution >= 0.6 is 0 Å². The van der Waals surface area contributed by atoms with E-state index >= 15 is 0 Å². The van der Waals surface area contributed by atoms with Crippen LogP contribution in [0.1, 0.15) is 12.1 Å². The summed E-state index contributed by atoms with van der Waals surface area (Å²) < 4.78 is 1.57. The molecule has 1 heterocycles. The van der Waals surface area contributed by atoms with Crippen LogP contribution in [0.15, 0.2) is 6.20 Å². The molecule has 11 heavy (non-hydrogen) atoms. The molecule has 0 fully saturated rings. The highest BCUT2D eigenvalue weighted by Gasteiger charge is 2.02. The Bertz CT molecular complexity index is 256. The number of aromatic nitrogens is 3. The maximum atomic E-state index is 10.2. The summed E-state index contributed by atoms with van der Waals surface area (Å²) in [7, 11) is 1.74. The van der Waals surface area contributed by atoms with Gasteiger partial charge in [0.2, 0.25) is 0 Å². The van der Waals surface area contributed by atoms with Crippen LogP contribution in [0.2, 0.25) is 0 Å². The standard InChI is InChI=1S/C6H9N3O2/c1-9-5(4-7-8-9)2-3-6(10)11/h4H,2-3H2,1H3,(H,10,11). The summed E-state index contributed by atoms with van der Waals surface area (Å²) in [6, 6.07) is 0. The van der Waals surface area contributed by atoms with Crippen molar-refractivity contribution in [2.45, 2.75) is 12.8 Å².